The highest BCUT2D eigenvalue weighted by atomic mass is 32.2. The van der Waals surface area contributed by atoms with Crippen molar-refractivity contribution < 1.29 is 13.2 Å². The molecule has 14 heavy (non-hydrogen) atoms. The highest BCUT2D eigenvalue weighted by molar-refractivity contribution is 7.89. The molecule has 0 aromatic rings. The molecule has 0 aliphatic carbocycles. The monoisotopic (exact) mass is 220 g/mol. The van der Waals surface area contributed by atoms with Crippen molar-refractivity contribution in [2.75, 3.05) is 32.6 Å². The Morgan fingerprint density at radius 1 is 1.50 bits per heavy atom. The van der Waals surface area contributed by atoms with Crippen LogP contribution < -0.4 is 0 Å². The summed E-state index contributed by atoms with van der Waals surface area (Å²) in [6, 6.07) is 1.83. The molecule has 0 aliphatic heterocycles. The topological polar surface area (TPSA) is 70.4 Å². The molecule has 0 rings (SSSR count). The minimum Gasteiger partial charge on any atom is -0.385 e. The van der Waals surface area contributed by atoms with Gasteiger partial charge in [-0.05, 0) is 6.42 Å². The van der Waals surface area contributed by atoms with Crippen LogP contribution >= 0.6 is 0 Å². The molecular weight excluding hydrogens is 204 g/mol. The molecule has 0 bridgehead atoms. The molecule has 0 atom stereocenters. The number of hydrogen-bond donors (Lipinski definition) is 0. The molecule has 0 fully saturated rings. The number of nitrogens with zero attached hydrogens (tertiary/aromatic N) is 2. The molecule has 0 N–H and O–H groups in total. The van der Waals surface area contributed by atoms with Gasteiger partial charge in [0.1, 0.15) is 6.54 Å². The zero-order chi connectivity index (χ0) is 11.0. The molecule has 0 amide bonds. The lowest BCUT2D eigenvalue weighted by Gasteiger charge is -2.16. The van der Waals surface area contributed by atoms with Crippen molar-refractivity contribution in [1.82, 2.24) is 4.31 Å². The molecule has 6 heteroatoms. The SMILES string of the molecule is CCN(CC#N)S(=O)(=O)CCCOC. The van der Waals surface area contributed by atoms with E-state index in [9.17, 15) is 8.42 Å². The fraction of sp³-hybridized carbons (Fsp3) is 0.875. The molecule has 82 valence electrons. The van der Waals surface area contributed by atoms with E-state index in [1.165, 1.54) is 11.4 Å². The number of nitriles is 1. The van der Waals surface area contributed by atoms with Gasteiger partial charge in [-0.3, -0.25) is 0 Å². The van der Waals surface area contributed by atoms with E-state index in [2.05, 4.69) is 0 Å². The molecule has 0 saturated heterocycles. The van der Waals surface area contributed by atoms with Gasteiger partial charge in [-0.25, -0.2) is 8.42 Å². The van der Waals surface area contributed by atoms with Gasteiger partial charge in [-0.1, -0.05) is 6.92 Å². The first kappa shape index (κ1) is 13.4. The molecule has 0 spiro atoms. The first-order valence-electron chi connectivity index (χ1n) is 4.42. The summed E-state index contributed by atoms with van der Waals surface area (Å²) in [7, 11) is -1.75. The van der Waals surface area contributed by atoms with Crippen molar-refractivity contribution in [3.8, 4) is 6.07 Å². The number of methoxy groups -OCH3 is 1. The second kappa shape index (κ2) is 6.76. The maximum absolute atomic E-state index is 11.5. The van der Waals surface area contributed by atoms with Crippen molar-refractivity contribution >= 4 is 10.0 Å². The number of rotatable bonds is 7. The van der Waals surface area contributed by atoms with Crippen LogP contribution in [0.15, 0.2) is 0 Å². The van der Waals surface area contributed by atoms with Crippen LogP contribution in [0, 0.1) is 11.3 Å². The average molecular weight is 220 g/mol. The number of sulfonamides is 1. The molecule has 5 nitrogen and oxygen atoms in total. The van der Waals surface area contributed by atoms with Crippen molar-refractivity contribution in [1.29, 1.82) is 5.26 Å². The molecular formula is C8H16N2O3S. The Hall–Kier alpha value is -0.640. The van der Waals surface area contributed by atoms with Gasteiger partial charge in [0, 0.05) is 20.3 Å². The van der Waals surface area contributed by atoms with E-state index >= 15 is 0 Å². The van der Waals surface area contributed by atoms with Crippen molar-refractivity contribution in [2.45, 2.75) is 13.3 Å². The Kier molecular flexibility index (Phi) is 6.45. The van der Waals surface area contributed by atoms with Crippen molar-refractivity contribution in [2.24, 2.45) is 0 Å². The van der Waals surface area contributed by atoms with Crippen molar-refractivity contribution in [3.63, 3.8) is 0 Å². The second-order valence-electron chi connectivity index (χ2n) is 2.75. The van der Waals surface area contributed by atoms with Crippen LogP contribution in [0.2, 0.25) is 0 Å². The summed E-state index contributed by atoms with van der Waals surface area (Å²) >= 11 is 0. The van der Waals surface area contributed by atoms with E-state index in [0.717, 1.165) is 0 Å². The lowest BCUT2D eigenvalue weighted by Crippen LogP contribution is -2.33. The van der Waals surface area contributed by atoms with Crippen LogP contribution in [-0.2, 0) is 14.8 Å². The molecule has 0 saturated carbocycles. The maximum atomic E-state index is 11.5. The molecule has 0 aliphatic rings. The lowest BCUT2D eigenvalue weighted by molar-refractivity contribution is 0.199. The van der Waals surface area contributed by atoms with Crippen LogP contribution in [0.1, 0.15) is 13.3 Å². The van der Waals surface area contributed by atoms with Gasteiger partial charge in [0.05, 0.1) is 11.8 Å². The molecule has 0 aromatic carbocycles. The van der Waals surface area contributed by atoms with Gasteiger partial charge in [0.25, 0.3) is 0 Å². The van der Waals surface area contributed by atoms with Crippen LogP contribution in [0.4, 0.5) is 0 Å². The smallest absolute Gasteiger partial charge is 0.215 e. The summed E-state index contributed by atoms with van der Waals surface area (Å²) in [6.07, 6.45) is 0.459. The van der Waals surface area contributed by atoms with Crippen LogP contribution in [-0.4, -0.2) is 45.3 Å². The van der Waals surface area contributed by atoms with Crippen molar-refractivity contribution in [3.05, 3.63) is 0 Å². The Labute approximate surface area is 85.3 Å². The van der Waals surface area contributed by atoms with E-state index in [4.69, 9.17) is 10.00 Å². The highest BCUT2D eigenvalue weighted by Gasteiger charge is 2.19. The van der Waals surface area contributed by atoms with Gasteiger partial charge in [0.15, 0.2) is 0 Å². The first-order chi connectivity index (χ1) is 6.58. The minimum absolute atomic E-state index is 0.0381. The van der Waals surface area contributed by atoms with E-state index in [1.54, 1.807) is 6.92 Å². The van der Waals surface area contributed by atoms with Crippen LogP contribution in [0.3, 0.4) is 0 Å². The van der Waals surface area contributed by atoms with E-state index < -0.39 is 10.0 Å². The summed E-state index contributed by atoms with van der Waals surface area (Å²) in [5.74, 6) is 0.0381. The van der Waals surface area contributed by atoms with Gasteiger partial charge in [-0.15, -0.1) is 0 Å². The first-order valence-corrected chi connectivity index (χ1v) is 6.03. The third-order valence-corrected chi connectivity index (χ3v) is 3.72. The van der Waals surface area contributed by atoms with Gasteiger partial charge < -0.3 is 4.74 Å². The largest absolute Gasteiger partial charge is 0.385 e. The summed E-state index contributed by atoms with van der Waals surface area (Å²) in [6.45, 7) is 2.39. The maximum Gasteiger partial charge on any atom is 0.215 e. The summed E-state index contributed by atoms with van der Waals surface area (Å²) in [5.41, 5.74) is 0. The van der Waals surface area contributed by atoms with E-state index in [-0.39, 0.29) is 12.3 Å². The Morgan fingerprint density at radius 3 is 2.57 bits per heavy atom. The summed E-state index contributed by atoms with van der Waals surface area (Å²) in [5, 5.41) is 8.42. The Bertz CT molecular complexity index is 281. The molecule has 0 heterocycles. The van der Waals surface area contributed by atoms with Gasteiger partial charge in [0.2, 0.25) is 10.0 Å². The molecule has 0 unspecified atom stereocenters. The van der Waals surface area contributed by atoms with E-state index in [1.807, 2.05) is 6.07 Å². The zero-order valence-corrected chi connectivity index (χ0v) is 9.38. The number of hydrogen-bond acceptors (Lipinski definition) is 4. The van der Waals surface area contributed by atoms with Crippen LogP contribution in [0.25, 0.3) is 0 Å². The summed E-state index contributed by atoms with van der Waals surface area (Å²) in [4.78, 5) is 0. The predicted octanol–water partition coefficient (Wildman–Crippen LogP) is 0.198. The fourth-order valence-electron chi connectivity index (χ4n) is 1.00. The fourth-order valence-corrected chi connectivity index (χ4v) is 2.39. The highest BCUT2D eigenvalue weighted by Crippen LogP contribution is 2.02. The minimum atomic E-state index is -3.28. The third kappa shape index (κ3) is 4.56. The van der Waals surface area contributed by atoms with Gasteiger partial charge in [-0.2, -0.15) is 9.57 Å². The molecule has 0 aromatic heterocycles. The lowest BCUT2D eigenvalue weighted by atomic mass is 10.5. The van der Waals surface area contributed by atoms with E-state index in [0.29, 0.717) is 19.6 Å². The summed E-state index contributed by atoms with van der Waals surface area (Å²) < 4.78 is 29.0. The van der Waals surface area contributed by atoms with Gasteiger partial charge >= 0.3 is 0 Å². The zero-order valence-electron chi connectivity index (χ0n) is 8.56. The third-order valence-electron chi connectivity index (χ3n) is 1.74. The Morgan fingerprint density at radius 2 is 2.14 bits per heavy atom. The normalized spacial score (nSPS) is 11.6. The quantitative estimate of drug-likeness (QED) is 0.454. The average Bonchev–Trinajstić information content (AvgIpc) is 2.14. The predicted molar refractivity (Wildman–Crippen MR) is 53.1 cm³/mol. The Balaban J connectivity index is 4.21. The number of ether oxygens (including phenoxy) is 1. The van der Waals surface area contributed by atoms with Crippen LogP contribution in [0.5, 0.6) is 0 Å². The second-order valence-corrected chi connectivity index (χ2v) is 4.84. The standard InChI is InChI=1S/C8H16N2O3S/c1-3-10(6-5-9)14(11,12)8-4-7-13-2/h3-4,6-8H2,1-2H3. The molecule has 0 radical (unpaired) electrons.